The summed E-state index contributed by atoms with van der Waals surface area (Å²) in [5.74, 6) is 0. The van der Waals surface area contributed by atoms with Crippen molar-refractivity contribution >= 4 is 72.4 Å². The van der Waals surface area contributed by atoms with Crippen LogP contribution in [0.4, 0.5) is 0 Å². The summed E-state index contributed by atoms with van der Waals surface area (Å²) in [4.78, 5) is 0. The lowest BCUT2D eigenvalue weighted by Gasteiger charge is -2.34. The van der Waals surface area contributed by atoms with Crippen LogP contribution in [0.1, 0.15) is 0 Å². The van der Waals surface area contributed by atoms with Crippen molar-refractivity contribution in [3.8, 4) is 22.5 Å². The first-order valence-electron chi connectivity index (χ1n) is 19.7. The molecule has 57 heavy (non-hydrogen) atoms. The summed E-state index contributed by atoms with van der Waals surface area (Å²) in [5, 5.41) is 10.4. The van der Waals surface area contributed by atoms with E-state index in [1.165, 1.54) is 75.5 Å². The van der Waals surface area contributed by atoms with E-state index in [1.807, 2.05) is 0 Å². The molecule has 11 aromatic rings. The van der Waals surface area contributed by atoms with Crippen LogP contribution in [0.2, 0.25) is 0 Å². The minimum absolute atomic E-state index is 1.14. The quantitative estimate of drug-likeness (QED) is 0.114. The normalized spacial score (nSPS) is 11.9. The third-order valence-corrected chi connectivity index (χ3v) is 16.6. The van der Waals surface area contributed by atoms with Crippen molar-refractivity contribution in [1.29, 1.82) is 0 Å². The van der Waals surface area contributed by atoms with Gasteiger partial charge in [0.2, 0.25) is 0 Å². The molecule has 9 aromatic carbocycles. The monoisotopic (exact) mass is 742 g/mol. The van der Waals surface area contributed by atoms with E-state index in [0.29, 0.717) is 0 Å². The summed E-state index contributed by atoms with van der Waals surface area (Å²) in [5.41, 5.74) is 9.50. The van der Waals surface area contributed by atoms with Crippen LogP contribution in [0, 0.1) is 0 Å². The second-order valence-corrected chi connectivity index (χ2v) is 18.7. The van der Waals surface area contributed by atoms with Crippen LogP contribution in [0.3, 0.4) is 0 Å². The van der Waals surface area contributed by atoms with Crippen LogP contribution in [-0.4, -0.2) is 17.2 Å². The minimum Gasteiger partial charge on any atom is -0.309 e. The predicted molar refractivity (Wildman–Crippen MR) is 244 cm³/mol. The zero-order chi connectivity index (χ0) is 37.8. The van der Waals surface area contributed by atoms with Crippen molar-refractivity contribution in [2.75, 3.05) is 0 Å². The second kappa shape index (κ2) is 13.5. The molecule has 2 nitrogen and oxygen atoms in total. The van der Waals surface area contributed by atoms with Gasteiger partial charge in [-0.3, -0.25) is 0 Å². The van der Waals surface area contributed by atoms with Crippen molar-refractivity contribution in [2.24, 2.45) is 0 Å². The molecule has 2 heterocycles. The number of fused-ring (bicyclic) bond motifs is 6. The molecular weight excluding hydrogens is 705 g/mol. The van der Waals surface area contributed by atoms with E-state index in [9.17, 15) is 0 Å². The third-order valence-electron chi connectivity index (χ3n) is 11.9. The summed E-state index contributed by atoms with van der Waals surface area (Å²) in [6.07, 6.45) is 0. The lowest BCUT2D eigenvalue weighted by molar-refractivity contribution is 1.15. The Labute approximate surface area is 333 Å². The first-order valence-corrected chi connectivity index (χ1v) is 21.7. The van der Waals surface area contributed by atoms with Gasteiger partial charge >= 0.3 is 0 Å². The zero-order valence-corrected chi connectivity index (χ0v) is 32.3. The van der Waals surface area contributed by atoms with Gasteiger partial charge in [0.1, 0.15) is 0 Å². The molecule has 0 amide bonds. The maximum Gasteiger partial charge on any atom is 0.179 e. The first-order chi connectivity index (χ1) is 28.3. The van der Waals surface area contributed by atoms with E-state index in [-0.39, 0.29) is 0 Å². The van der Waals surface area contributed by atoms with Crippen LogP contribution >= 0.6 is 0 Å². The molecule has 0 fully saturated rings. The second-order valence-electron chi connectivity index (χ2n) is 14.9. The van der Waals surface area contributed by atoms with Crippen molar-refractivity contribution in [2.45, 2.75) is 0 Å². The Balaban J connectivity index is 1.21. The Hall–Kier alpha value is -7.20. The number of hydrogen-bond acceptors (Lipinski definition) is 0. The Morgan fingerprint density at radius 1 is 0.246 bits per heavy atom. The van der Waals surface area contributed by atoms with Gasteiger partial charge < -0.3 is 9.13 Å². The highest BCUT2D eigenvalue weighted by molar-refractivity contribution is 7.20. The largest absolute Gasteiger partial charge is 0.309 e. The van der Waals surface area contributed by atoms with Gasteiger partial charge in [-0.25, -0.2) is 0 Å². The van der Waals surface area contributed by atoms with E-state index in [4.69, 9.17) is 0 Å². The molecule has 2 aromatic heterocycles. The highest BCUT2D eigenvalue weighted by atomic mass is 28.3. The van der Waals surface area contributed by atoms with Gasteiger partial charge in [0.05, 0.1) is 22.1 Å². The highest BCUT2D eigenvalue weighted by Crippen LogP contribution is 2.38. The zero-order valence-electron chi connectivity index (χ0n) is 31.3. The molecule has 268 valence electrons. The fourth-order valence-electron chi connectivity index (χ4n) is 9.36. The van der Waals surface area contributed by atoms with Crippen LogP contribution < -0.4 is 20.7 Å². The van der Waals surface area contributed by atoms with Crippen molar-refractivity contribution < 1.29 is 0 Å². The molecule has 0 bridgehead atoms. The van der Waals surface area contributed by atoms with E-state index < -0.39 is 8.07 Å². The molecule has 0 saturated carbocycles. The maximum atomic E-state index is 2.51. The molecule has 0 unspecified atom stereocenters. The molecule has 0 radical (unpaired) electrons. The summed E-state index contributed by atoms with van der Waals surface area (Å²) in [6.45, 7) is 0. The predicted octanol–water partition coefficient (Wildman–Crippen LogP) is 10.9. The molecular formula is C54H38N2Si. The fourth-order valence-corrected chi connectivity index (χ4v) is 14.1. The Kier molecular flexibility index (Phi) is 7.87. The van der Waals surface area contributed by atoms with Crippen molar-refractivity contribution in [3.63, 3.8) is 0 Å². The Morgan fingerprint density at radius 2 is 0.684 bits per heavy atom. The average molecular weight is 743 g/mol. The fraction of sp³-hybridized carbons (Fsp3) is 0. The van der Waals surface area contributed by atoms with E-state index in [1.54, 1.807) is 0 Å². The number of benzene rings is 9. The van der Waals surface area contributed by atoms with Gasteiger partial charge in [-0.2, -0.15) is 0 Å². The summed E-state index contributed by atoms with van der Waals surface area (Å²) in [6, 6.07) is 85.2. The standard InChI is InChI=1S/C54H38N2Si/c1-6-18-39(19-7-1)40-30-33-48-49-34-31-42(37-53(49)55(52(48)36-40)41-20-8-2-9-21-41)56-51-29-17-16-28-47(51)50-35-32-46(38-54(50)56)57(43-22-10-3-11-23-43,44-24-12-4-13-25-44)45-26-14-5-15-27-45/h1-38H. The number of hydrogen-bond donors (Lipinski definition) is 0. The molecule has 3 heteroatoms. The summed E-state index contributed by atoms with van der Waals surface area (Å²) >= 11 is 0. The molecule has 0 aliphatic carbocycles. The molecule has 0 aliphatic heterocycles. The van der Waals surface area contributed by atoms with Crippen LogP contribution in [-0.2, 0) is 0 Å². The SMILES string of the molecule is c1ccc(-c2ccc3c4ccc(-n5c6ccccc6c6ccc([Si](c7ccccc7)(c7ccccc7)c7ccccc7)cc65)cc4n(-c4ccccc4)c3c2)cc1. The van der Waals surface area contributed by atoms with Crippen LogP contribution in [0.15, 0.2) is 231 Å². The minimum atomic E-state index is -2.76. The topological polar surface area (TPSA) is 9.86 Å². The number of para-hydroxylation sites is 2. The van der Waals surface area contributed by atoms with E-state index in [2.05, 4.69) is 240 Å². The van der Waals surface area contributed by atoms with Crippen LogP contribution in [0.25, 0.3) is 66.1 Å². The number of aromatic nitrogens is 2. The van der Waals surface area contributed by atoms with Crippen LogP contribution in [0.5, 0.6) is 0 Å². The van der Waals surface area contributed by atoms with Crippen molar-refractivity contribution in [1.82, 2.24) is 9.13 Å². The van der Waals surface area contributed by atoms with Gasteiger partial charge in [0.15, 0.2) is 8.07 Å². The molecule has 0 saturated heterocycles. The number of nitrogens with zero attached hydrogens (tertiary/aromatic N) is 2. The Bertz CT molecular complexity index is 3110. The Morgan fingerprint density at radius 3 is 1.30 bits per heavy atom. The highest BCUT2D eigenvalue weighted by Gasteiger charge is 2.41. The molecule has 11 rings (SSSR count). The third kappa shape index (κ3) is 5.24. The molecule has 0 aliphatic rings. The molecule has 0 spiro atoms. The van der Waals surface area contributed by atoms with Gasteiger partial charge in [0, 0.05) is 32.9 Å². The van der Waals surface area contributed by atoms with Gasteiger partial charge in [-0.1, -0.05) is 188 Å². The molecule has 0 atom stereocenters. The summed E-state index contributed by atoms with van der Waals surface area (Å²) in [7, 11) is -2.76. The van der Waals surface area contributed by atoms with Gasteiger partial charge in [-0.15, -0.1) is 0 Å². The lowest BCUT2D eigenvalue weighted by atomic mass is 10.0. The molecule has 0 N–H and O–H groups in total. The maximum absolute atomic E-state index is 2.76. The van der Waals surface area contributed by atoms with Crippen molar-refractivity contribution in [3.05, 3.63) is 231 Å². The number of rotatable bonds is 7. The van der Waals surface area contributed by atoms with E-state index in [0.717, 1.165) is 11.4 Å². The lowest BCUT2D eigenvalue weighted by Crippen LogP contribution is -2.74. The summed E-state index contributed by atoms with van der Waals surface area (Å²) < 4.78 is 4.94. The smallest absolute Gasteiger partial charge is 0.179 e. The van der Waals surface area contributed by atoms with E-state index >= 15 is 0 Å². The average Bonchev–Trinajstić information content (AvgIpc) is 3.80. The van der Waals surface area contributed by atoms with Gasteiger partial charge in [0.25, 0.3) is 0 Å². The first kappa shape index (κ1) is 33.2. The van der Waals surface area contributed by atoms with Gasteiger partial charge in [-0.05, 0) is 74.3 Å².